The molecule has 2 N–H and O–H groups in total. The smallest absolute Gasteiger partial charge is 0.294 e. The molecule has 22 heavy (non-hydrogen) atoms. The minimum absolute atomic E-state index is 0.0116. The molecular weight excluding hydrogens is 292 g/mol. The van der Waals surface area contributed by atoms with Gasteiger partial charge >= 0.3 is 0 Å². The average Bonchev–Trinajstić information content (AvgIpc) is 2.85. The highest BCUT2D eigenvalue weighted by Gasteiger charge is 2.16. The second kappa shape index (κ2) is 3.61. The van der Waals surface area contributed by atoms with Crippen LogP contribution in [0.5, 0.6) is 0 Å². The van der Waals surface area contributed by atoms with Crippen molar-refractivity contribution in [1.29, 1.82) is 0 Å². The van der Waals surface area contributed by atoms with Crippen molar-refractivity contribution in [3.8, 4) is 0 Å². The Labute approximate surface area is 118 Å². The van der Waals surface area contributed by atoms with Crippen molar-refractivity contribution in [2.24, 2.45) is 0 Å². The van der Waals surface area contributed by atoms with Crippen LogP contribution in [-0.4, -0.2) is 19.9 Å². The van der Waals surface area contributed by atoms with E-state index in [1.165, 1.54) is 24.3 Å². The van der Waals surface area contributed by atoms with E-state index in [4.69, 9.17) is 0 Å². The highest BCUT2D eigenvalue weighted by Crippen LogP contribution is 2.22. The van der Waals surface area contributed by atoms with E-state index >= 15 is 0 Å². The van der Waals surface area contributed by atoms with Crippen molar-refractivity contribution in [2.75, 3.05) is 0 Å². The molecule has 4 rings (SSSR count). The van der Waals surface area contributed by atoms with Crippen molar-refractivity contribution in [2.45, 2.75) is 0 Å². The maximum atomic E-state index is 11.7. The molecule has 0 aliphatic carbocycles. The maximum absolute atomic E-state index is 11.7. The minimum Gasteiger partial charge on any atom is -0.422 e. The lowest BCUT2D eigenvalue weighted by Gasteiger charge is -1.97. The van der Waals surface area contributed by atoms with Gasteiger partial charge < -0.3 is 10.4 Å². The van der Waals surface area contributed by atoms with E-state index in [1.54, 1.807) is 0 Å². The molecule has 8 nitrogen and oxygen atoms in total. The molecular formula is C14H6N2O6. The van der Waals surface area contributed by atoms with Gasteiger partial charge in [0.25, 0.3) is 22.2 Å². The molecule has 8 heteroatoms. The normalized spacial score (nSPS) is 11.8. The van der Waals surface area contributed by atoms with Gasteiger partial charge in [0.2, 0.25) is 0 Å². The van der Waals surface area contributed by atoms with Gasteiger partial charge in [0, 0.05) is 0 Å². The Hall–Kier alpha value is -3.42. The lowest BCUT2D eigenvalue weighted by atomic mass is 10.0. The molecule has 0 spiro atoms. The van der Waals surface area contributed by atoms with E-state index in [-0.39, 0.29) is 31.0 Å². The van der Waals surface area contributed by atoms with E-state index in [9.17, 15) is 29.6 Å². The number of aromatic nitrogens is 2. The summed E-state index contributed by atoms with van der Waals surface area (Å²) >= 11 is 0. The first-order valence-corrected chi connectivity index (χ1v) is 6.17. The Kier molecular flexibility index (Phi) is 2.02. The molecule has 0 aliphatic rings. The van der Waals surface area contributed by atoms with Gasteiger partial charge in [-0.1, -0.05) is 0 Å². The molecule has 108 valence electrons. The van der Waals surface area contributed by atoms with E-state index in [2.05, 4.69) is 0 Å². The fraction of sp³-hybridized carbons (Fsp3) is 0. The Bertz CT molecular complexity index is 1120. The molecule has 0 saturated heterocycles. The zero-order valence-corrected chi connectivity index (χ0v) is 10.7. The van der Waals surface area contributed by atoms with E-state index in [1.807, 2.05) is 0 Å². The monoisotopic (exact) mass is 298 g/mol. The fourth-order valence-electron chi connectivity index (χ4n) is 2.70. The summed E-state index contributed by atoms with van der Waals surface area (Å²) in [6.45, 7) is 0. The second-order valence-electron chi connectivity index (χ2n) is 4.99. The van der Waals surface area contributed by atoms with Gasteiger partial charge in [-0.05, 0) is 35.0 Å². The molecule has 4 aromatic rings. The molecule has 2 heterocycles. The zero-order chi connectivity index (χ0) is 15.8. The van der Waals surface area contributed by atoms with Crippen LogP contribution in [0.15, 0.2) is 43.4 Å². The summed E-state index contributed by atoms with van der Waals surface area (Å²) in [6.07, 6.45) is 0. The Morgan fingerprint density at radius 2 is 0.773 bits per heavy atom. The molecule has 0 aliphatic heterocycles. The van der Waals surface area contributed by atoms with Gasteiger partial charge in [-0.25, -0.2) is 0 Å². The van der Waals surface area contributed by atoms with Crippen molar-refractivity contribution >= 4 is 32.3 Å². The van der Waals surface area contributed by atoms with Crippen LogP contribution < -0.4 is 22.2 Å². The highest BCUT2D eigenvalue weighted by atomic mass is 16.5. The van der Waals surface area contributed by atoms with Gasteiger partial charge in [-0.15, -0.1) is 9.46 Å². The van der Waals surface area contributed by atoms with Crippen molar-refractivity contribution in [3.63, 3.8) is 0 Å². The summed E-state index contributed by atoms with van der Waals surface area (Å²) in [5.41, 5.74) is -3.41. The van der Waals surface area contributed by atoms with Crippen LogP contribution in [0.3, 0.4) is 0 Å². The van der Waals surface area contributed by atoms with Crippen molar-refractivity contribution in [3.05, 3.63) is 65.7 Å². The molecule has 0 radical (unpaired) electrons. The molecule has 0 fully saturated rings. The summed E-state index contributed by atoms with van der Waals surface area (Å²) in [5, 5.41) is 19.6. The van der Waals surface area contributed by atoms with Gasteiger partial charge in [0.1, 0.15) is 0 Å². The SMILES string of the molecule is O=c1c2cc3cc4c(=O)n(O)c(=O)c4cc3cc2c(=O)n1O. The molecule has 0 bridgehead atoms. The zero-order valence-electron chi connectivity index (χ0n) is 10.7. The quantitative estimate of drug-likeness (QED) is 0.424. The van der Waals surface area contributed by atoms with Crippen LogP contribution in [0.25, 0.3) is 32.3 Å². The van der Waals surface area contributed by atoms with Crippen molar-refractivity contribution < 1.29 is 10.4 Å². The number of nitrogens with zero attached hydrogens (tertiary/aromatic N) is 2. The number of hydrogen-bond donors (Lipinski definition) is 2. The topological polar surface area (TPSA) is 119 Å². The highest BCUT2D eigenvalue weighted by molar-refractivity contribution is 6.04. The largest absolute Gasteiger partial charge is 0.422 e. The third kappa shape index (κ3) is 1.26. The van der Waals surface area contributed by atoms with E-state index < -0.39 is 22.2 Å². The predicted molar refractivity (Wildman–Crippen MR) is 76.8 cm³/mol. The van der Waals surface area contributed by atoms with E-state index in [0.717, 1.165) is 0 Å². The first-order valence-electron chi connectivity index (χ1n) is 6.17. The van der Waals surface area contributed by atoms with Gasteiger partial charge in [-0.3, -0.25) is 19.2 Å². The van der Waals surface area contributed by atoms with Crippen LogP contribution in [0.4, 0.5) is 0 Å². The van der Waals surface area contributed by atoms with Gasteiger partial charge in [-0.2, -0.15) is 0 Å². The molecule has 2 aromatic carbocycles. The van der Waals surface area contributed by atoms with Crippen LogP contribution in [0.1, 0.15) is 0 Å². The molecule has 0 atom stereocenters. The summed E-state index contributed by atoms with van der Waals surface area (Å²) in [4.78, 5) is 47.0. The van der Waals surface area contributed by atoms with Crippen LogP contribution in [-0.2, 0) is 0 Å². The first kappa shape index (κ1) is 12.3. The molecule has 0 amide bonds. The number of fused-ring (bicyclic) bond motifs is 3. The summed E-state index contributed by atoms with van der Waals surface area (Å²) in [7, 11) is 0. The number of benzene rings is 2. The predicted octanol–water partition coefficient (Wildman–Crippen LogP) is -0.460. The van der Waals surface area contributed by atoms with Crippen LogP contribution in [0.2, 0.25) is 0 Å². The summed E-state index contributed by atoms with van der Waals surface area (Å²) in [5.74, 6) is 0. The summed E-state index contributed by atoms with van der Waals surface area (Å²) < 4.78 is 0.0337. The Morgan fingerprint density at radius 1 is 0.545 bits per heavy atom. The minimum atomic E-state index is -0.853. The van der Waals surface area contributed by atoms with E-state index in [0.29, 0.717) is 10.8 Å². The Morgan fingerprint density at radius 3 is 1.00 bits per heavy atom. The van der Waals surface area contributed by atoms with Crippen molar-refractivity contribution in [1.82, 2.24) is 9.46 Å². The lowest BCUT2D eigenvalue weighted by Crippen LogP contribution is -2.22. The lowest BCUT2D eigenvalue weighted by molar-refractivity contribution is 0.170. The summed E-state index contributed by atoms with van der Waals surface area (Å²) in [6, 6.07) is 5.44. The number of hydrogen-bond acceptors (Lipinski definition) is 6. The number of rotatable bonds is 0. The molecule has 0 saturated carbocycles. The standard InChI is InChI=1S/C14H6N2O6/c17-11-7-1-5-2-9-10(14(20)16(22)13(9)19)4-6(5)3-8(7)12(18)15(11)21/h1-4,21-22H. The third-order valence-electron chi connectivity index (χ3n) is 3.80. The molecule has 0 unspecified atom stereocenters. The van der Waals surface area contributed by atoms with Gasteiger partial charge in [0.15, 0.2) is 0 Å². The first-order chi connectivity index (χ1) is 10.4. The second-order valence-corrected chi connectivity index (χ2v) is 4.99. The third-order valence-corrected chi connectivity index (χ3v) is 3.80. The van der Waals surface area contributed by atoms with Crippen LogP contribution >= 0.6 is 0 Å². The maximum Gasteiger partial charge on any atom is 0.294 e. The Balaban J connectivity index is 2.32. The molecule has 2 aromatic heterocycles. The van der Waals surface area contributed by atoms with Gasteiger partial charge in [0.05, 0.1) is 21.5 Å². The fourth-order valence-corrected chi connectivity index (χ4v) is 2.70. The average molecular weight is 298 g/mol. The van der Waals surface area contributed by atoms with Crippen LogP contribution in [0, 0.1) is 0 Å².